The van der Waals surface area contributed by atoms with E-state index in [4.69, 9.17) is 5.14 Å². The van der Waals surface area contributed by atoms with Gasteiger partial charge < -0.3 is 10.4 Å². The number of phenols is 1. The van der Waals surface area contributed by atoms with Crippen LogP contribution in [0, 0.1) is 11.3 Å². The van der Waals surface area contributed by atoms with Gasteiger partial charge in [0.15, 0.2) is 10.6 Å². The number of anilines is 1. The van der Waals surface area contributed by atoms with Crippen LogP contribution >= 0.6 is 23.3 Å². The zero-order chi connectivity index (χ0) is 23.8. The van der Waals surface area contributed by atoms with Gasteiger partial charge in [-0.15, -0.1) is 22.0 Å². The number of azo groups is 1. The predicted molar refractivity (Wildman–Crippen MR) is 129 cm³/mol. The molecule has 2 aromatic heterocycles. The third kappa shape index (κ3) is 4.21. The summed E-state index contributed by atoms with van der Waals surface area (Å²) in [6.45, 7) is 2.50. The first-order valence-electron chi connectivity index (χ1n) is 9.50. The number of nitrogens with one attached hydrogen (secondary N) is 1. The molecule has 0 bridgehead atoms. The topological polar surface area (TPSA) is 167 Å². The molecule has 2 heterocycles. The Balaban J connectivity index is 1.95. The van der Waals surface area contributed by atoms with Gasteiger partial charge in [-0.3, -0.25) is 0 Å². The molecule has 0 aliphatic heterocycles. The number of nitrogens with zero attached hydrogens (tertiary/aromatic N) is 5. The van der Waals surface area contributed by atoms with E-state index in [1.807, 2.05) is 13.2 Å². The monoisotopic (exact) mass is 499 g/mol. The van der Waals surface area contributed by atoms with Crippen molar-refractivity contribution in [2.45, 2.75) is 16.8 Å². The fourth-order valence-corrected chi connectivity index (χ4v) is 5.11. The Kier molecular flexibility index (Phi) is 6.17. The normalized spacial score (nSPS) is 11.9. The van der Waals surface area contributed by atoms with Crippen molar-refractivity contribution in [3.63, 3.8) is 0 Å². The van der Waals surface area contributed by atoms with Gasteiger partial charge in [0.2, 0.25) is 10.0 Å². The second-order valence-corrected chi connectivity index (χ2v) is 9.84. The van der Waals surface area contributed by atoms with E-state index in [9.17, 15) is 18.8 Å². The molecule has 4 aromatic rings. The number of rotatable bonds is 6. The molecule has 0 aliphatic rings. The van der Waals surface area contributed by atoms with E-state index >= 15 is 0 Å². The number of hydrogen-bond acceptors (Lipinski definition) is 11. The van der Waals surface area contributed by atoms with Gasteiger partial charge in [0.05, 0.1) is 16.6 Å². The molecule has 0 saturated heterocycles. The summed E-state index contributed by atoms with van der Waals surface area (Å²) in [5.74, 6) is -0.457. The summed E-state index contributed by atoms with van der Waals surface area (Å²) in [7, 11) is -4.23. The summed E-state index contributed by atoms with van der Waals surface area (Å²) in [5, 5.41) is 39.3. The van der Waals surface area contributed by atoms with Gasteiger partial charge in [0.25, 0.3) is 0 Å². The fraction of sp³-hybridized carbons (Fsp3) is 0.150. The quantitative estimate of drug-likeness (QED) is 0.255. The van der Waals surface area contributed by atoms with Gasteiger partial charge in [-0.1, -0.05) is 12.1 Å². The molecule has 33 heavy (non-hydrogen) atoms. The smallest absolute Gasteiger partial charge is 0.241 e. The summed E-state index contributed by atoms with van der Waals surface area (Å²) in [5.41, 5.74) is 1.67. The van der Waals surface area contributed by atoms with Crippen molar-refractivity contribution in [3.8, 4) is 11.8 Å². The average Bonchev–Trinajstić information content (AvgIpc) is 3.19. The molecular formula is C20H17N7O3S3. The number of fused-ring (bicyclic) bond motifs is 2. The van der Waals surface area contributed by atoms with Crippen LogP contribution in [0.3, 0.4) is 0 Å². The van der Waals surface area contributed by atoms with Crippen LogP contribution in [0.5, 0.6) is 5.75 Å². The van der Waals surface area contributed by atoms with Gasteiger partial charge >= 0.3 is 0 Å². The molecule has 0 saturated carbocycles. The highest BCUT2D eigenvalue weighted by Crippen LogP contribution is 2.43. The van der Waals surface area contributed by atoms with E-state index in [1.165, 1.54) is 17.8 Å². The zero-order valence-electron chi connectivity index (χ0n) is 17.4. The lowest BCUT2D eigenvalue weighted by molar-refractivity contribution is 0.465. The Bertz CT molecular complexity index is 1570. The van der Waals surface area contributed by atoms with Crippen LogP contribution in [0.15, 0.2) is 50.5 Å². The number of nitriles is 1. The van der Waals surface area contributed by atoms with Crippen LogP contribution < -0.4 is 10.5 Å². The Morgan fingerprint density at radius 1 is 1.30 bits per heavy atom. The molecule has 4 rings (SSSR count). The molecule has 0 atom stereocenters. The summed E-state index contributed by atoms with van der Waals surface area (Å²) >= 11 is 2.40. The van der Waals surface area contributed by atoms with Gasteiger partial charge in [-0.05, 0) is 42.9 Å². The van der Waals surface area contributed by atoms with Crippen molar-refractivity contribution >= 4 is 71.5 Å². The number of nitrogens with two attached hydrogens (primary N) is 1. The van der Waals surface area contributed by atoms with Crippen molar-refractivity contribution in [2.75, 3.05) is 18.1 Å². The number of sulfonamides is 1. The molecule has 0 spiro atoms. The van der Waals surface area contributed by atoms with Crippen LogP contribution in [0.1, 0.15) is 12.5 Å². The Morgan fingerprint density at radius 2 is 2.09 bits per heavy atom. The number of hydrogen-bond donors (Lipinski definition) is 3. The van der Waals surface area contributed by atoms with Crippen LogP contribution in [0.4, 0.5) is 16.4 Å². The van der Waals surface area contributed by atoms with Crippen molar-refractivity contribution in [1.82, 2.24) is 9.36 Å². The average molecular weight is 500 g/mol. The maximum atomic E-state index is 12.1. The number of thioether (sulfide) groups is 1. The van der Waals surface area contributed by atoms with E-state index in [2.05, 4.69) is 31.0 Å². The van der Waals surface area contributed by atoms with E-state index in [0.29, 0.717) is 44.2 Å². The van der Waals surface area contributed by atoms with Crippen LogP contribution in [-0.2, 0) is 10.0 Å². The molecule has 0 radical (unpaired) electrons. The molecular weight excluding hydrogens is 482 g/mol. The summed E-state index contributed by atoms with van der Waals surface area (Å²) in [6, 6.07) is 10.00. The molecule has 2 aromatic carbocycles. The molecule has 10 nitrogen and oxygen atoms in total. The van der Waals surface area contributed by atoms with Gasteiger partial charge in [-0.2, -0.15) is 9.64 Å². The number of aromatic nitrogens is 2. The van der Waals surface area contributed by atoms with Crippen LogP contribution in [0.2, 0.25) is 0 Å². The Hall–Kier alpha value is -3.31. The van der Waals surface area contributed by atoms with E-state index in [-0.39, 0.29) is 11.1 Å². The maximum absolute atomic E-state index is 12.1. The van der Waals surface area contributed by atoms with Crippen molar-refractivity contribution in [3.05, 3.63) is 35.9 Å². The number of phenolic OH excluding ortho intramolecular Hbond substituents is 1. The summed E-state index contributed by atoms with van der Waals surface area (Å²) < 4.78 is 28.4. The Morgan fingerprint density at radius 3 is 2.76 bits per heavy atom. The summed E-state index contributed by atoms with van der Waals surface area (Å²) in [6.07, 6.45) is 1.82. The number of pyridine rings is 1. The lowest BCUT2D eigenvalue weighted by Crippen LogP contribution is -2.12. The third-order valence-electron chi connectivity index (χ3n) is 4.73. The number of primary sulfonamides is 1. The predicted octanol–water partition coefficient (Wildman–Crippen LogP) is 4.64. The number of aromatic hydroxyl groups is 1. The van der Waals surface area contributed by atoms with Gasteiger partial charge in [-0.25, -0.2) is 18.5 Å². The largest absolute Gasteiger partial charge is 0.506 e. The fourth-order valence-electron chi connectivity index (χ4n) is 3.31. The molecule has 0 amide bonds. The first-order valence-corrected chi connectivity index (χ1v) is 13.0. The van der Waals surface area contributed by atoms with Crippen LogP contribution in [0.25, 0.3) is 21.8 Å². The van der Waals surface area contributed by atoms with E-state index in [1.54, 1.807) is 24.3 Å². The van der Waals surface area contributed by atoms with Crippen molar-refractivity contribution < 1.29 is 13.5 Å². The number of benzene rings is 2. The minimum absolute atomic E-state index is 0.194. The summed E-state index contributed by atoms with van der Waals surface area (Å²) in [4.78, 5) is 3.93. The Labute approximate surface area is 197 Å². The second kappa shape index (κ2) is 8.91. The molecule has 13 heteroatoms. The van der Waals surface area contributed by atoms with Gasteiger partial charge in [0, 0.05) is 23.0 Å². The zero-order valence-corrected chi connectivity index (χ0v) is 19.8. The minimum Gasteiger partial charge on any atom is -0.506 e. The van der Waals surface area contributed by atoms with E-state index in [0.717, 1.165) is 11.5 Å². The SMILES string of the molecule is CCNc1cccc2c(O)c(S(N)(=O)=O)cc(N=Nc3snc4nc(SC)c(C#N)cc34)c12. The second-order valence-electron chi connectivity index (χ2n) is 6.76. The molecule has 0 aliphatic carbocycles. The first-order chi connectivity index (χ1) is 15.8. The van der Waals surface area contributed by atoms with E-state index < -0.39 is 20.7 Å². The maximum Gasteiger partial charge on any atom is 0.241 e. The lowest BCUT2D eigenvalue weighted by Gasteiger charge is -2.13. The van der Waals surface area contributed by atoms with Crippen molar-refractivity contribution in [2.24, 2.45) is 15.4 Å². The lowest BCUT2D eigenvalue weighted by atomic mass is 10.1. The highest BCUT2D eigenvalue weighted by Gasteiger charge is 2.21. The van der Waals surface area contributed by atoms with Gasteiger partial charge in [0.1, 0.15) is 21.7 Å². The highest BCUT2D eigenvalue weighted by atomic mass is 32.2. The molecule has 4 N–H and O–H groups in total. The third-order valence-corrected chi connectivity index (χ3v) is 7.09. The van der Waals surface area contributed by atoms with Crippen LogP contribution in [-0.4, -0.2) is 35.7 Å². The minimum atomic E-state index is -4.23. The van der Waals surface area contributed by atoms with Crippen molar-refractivity contribution in [1.29, 1.82) is 5.26 Å². The first kappa shape index (κ1) is 22.9. The molecule has 0 fully saturated rings. The molecule has 0 unspecified atom stereocenters. The standard InChI is InChI=1S/C20H17N7O3S3/c1-3-23-13-6-4-5-11-16(13)14(8-15(17(11)28)33(22,29)30)25-26-20-12-7-10(9-21)19(31-2)24-18(12)27-32-20/h4-8,23,28H,3H2,1-2H3,(H2,22,29,30). The highest BCUT2D eigenvalue weighted by molar-refractivity contribution is 7.98. The molecule has 168 valence electrons.